The van der Waals surface area contributed by atoms with Crippen LogP contribution in [0.3, 0.4) is 0 Å². The van der Waals surface area contributed by atoms with E-state index in [0.29, 0.717) is 29.0 Å². The van der Waals surface area contributed by atoms with Gasteiger partial charge in [0, 0.05) is 24.7 Å². The lowest BCUT2D eigenvalue weighted by molar-refractivity contribution is -0.384. The topological polar surface area (TPSA) is 121 Å². The second kappa shape index (κ2) is 11.5. The predicted octanol–water partition coefficient (Wildman–Crippen LogP) is 4.91. The predicted molar refractivity (Wildman–Crippen MR) is 130 cm³/mol. The van der Waals surface area contributed by atoms with Crippen molar-refractivity contribution in [3.05, 3.63) is 76.1 Å². The van der Waals surface area contributed by atoms with Crippen LogP contribution in [0.2, 0.25) is 5.02 Å². The number of aromatic nitrogens is 3. The molecular formula is C22H22ClN5O5S. The van der Waals surface area contributed by atoms with Gasteiger partial charge in [-0.05, 0) is 25.1 Å². The Morgan fingerprint density at radius 3 is 2.79 bits per heavy atom. The number of ether oxygens (including phenoxy) is 2. The standard InChI is InChI=1S/C22H22ClN5O5S/c1-4-10-27-21(14(2)33-17-7-5-6-16(12-17)32-3)25-26-22(27)34-13-20(29)24-19-11-15(28(30)31)8-9-18(19)23/h4-9,11-12,14H,1,10,13H2,2-3H3,(H,24,29). The summed E-state index contributed by atoms with van der Waals surface area (Å²) >= 11 is 7.21. The largest absolute Gasteiger partial charge is 0.497 e. The minimum absolute atomic E-state index is 0.0145. The van der Waals surface area contributed by atoms with E-state index < -0.39 is 16.9 Å². The van der Waals surface area contributed by atoms with Crippen molar-refractivity contribution < 1.29 is 19.2 Å². The van der Waals surface area contributed by atoms with Crippen molar-refractivity contribution in [2.45, 2.75) is 24.7 Å². The Hall–Kier alpha value is -3.57. The fraction of sp³-hybridized carbons (Fsp3) is 0.227. The van der Waals surface area contributed by atoms with Gasteiger partial charge in [0.1, 0.15) is 11.5 Å². The van der Waals surface area contributed by atoms with Crippen LogP contribution in [0.1, 0.15) is 18.9 Å². The second-order valence-corrected chi connectivity index (χ2v) is 8.29. The van der Waals surface area contributed by atoms with Gasteiger partial charge in [0.2, 0.25) is 5.91 Å². The number of benzene rings is 2. The van der Waals surface area contributed by atoms with E-state index in [1.807, 2.05) is 25.1 Å². The number of anilines is 1. The maximum absolute atomic E-state index is 12.5. The van der Waals surface area contributed by atoms with Gasteiger partial charge in [-0.3, -0.25) is 19.5 Å². The van der Waals surface area contributed by atoms with Crippen LogP contribution in [-0.4, -0.2) is 38.5 Å². The highest BCUT2D eigenvalue weighted by molar-refractivity contribution is 7.99. The number of rotatable bonds is 11. The lowest BCUT2D eigenvalue weighted by Crippen LogP contribution is -2.16. The van der Waals surface area contributed by atoms with E-state index in [1.54, 1.807) is 23.8 Å². The molecule has 1 atom stereocenters. The lowest BCUT2D eigenvalue weighted by Gasteiger charge is -2.16. The number of amides is 1. The molecule has 2 aromatic carbocycles. The number of hydrogen-bond acceptors (Lipinski definition) is 8. The summed E-state index contributed by atoms with van der Waals surface area (Å²) in [6, 6.07) is 11.1. The number of methoxy groups -OCH3 is 1. The molecular weight excluding hydrogens is 482 g/mol. The van der Waals surface area contributed by atoms with Gasteiger partial charge in [0.05, 0.1) is 28.5 Å². The Morgan fingerprint density at radius 2 is 2.09 bits per heavy atom. The molecule has 0 spiro atoms. The number of thioether (sulfide) groups is 1. The zero-order valence-corrected chi connectivity index (χ0v) is 20.0. The summed E-state index contributed by atoms with van der Waals surface area (Å²) in [6.07, 6.45) is 1.25. The fourth-order valence-corrected chi connectivity index (χ4v) is 3.90. The molecule has 1 unspecified atom stereocenters. The van der Waals surface area contributed by atoms with Gasteiger partial charge >= 0.3 is 0 Å². The summed E-state index contributed by atoms with van der Waals surface area (Å²) < 4.78 is 13.0. The summed E-state index contributed by atoms with van der Waals surface area (Å²) in [5.41, 5.74) is -0.0113. The van der Waals surface area contributed by atoms with E-state index in [4.69, 9.17) is 21.1 Å². The maximum atomic E-state index is 12.5. The summed E-state index contributed by atoms with van der Waals surface area (Å²) in [5.74, 6) is 1.43. The molecule has 12 heteroatoms. The van der Waals surface area contributed by atoms with E-state index >= 15 is 0 Å². The zero-order valence-electron chi connectivity index (χ0n) is 18.4. The molecule has 3 rings (SSSR count). The van der Waals surface area contributed by atoms with Crippen LogP contribution >= 0.6 is 23.4 Å². The van der Waals surface area contributed by atoms with Crippen LogP contribution in [0.4, 0.5) is 11.4 Å². The highest BCUT2D eigenvalue weighted by atomic mass is 35.5. The molecule has 34 heavy (non-hydrogen) atoms. The summed E-state index contributed by atoms with van der Waals surface area (Å²) in [4.78, 5) is 22.9. The van der Waals surface area contributed by atoms with Gasteiger partial charge in [-0.15, -0.1) is 16.8 Å². The summed E-state index contributed by atoms with van der Waals surface area (Å²) in [5, 5.41) is 22.7. The van der Waals surface area contributed by atoms with Crippen molar-refractivity contribution in [1.82, 2.24) is 14.8 Å². The average Bonchev–Trinajstić information content (AvgIpc) is 3.22. The van der Waals surface area contributed by atoms with E-state index in [-0.39, 0.29) is 22.2 Å². The molecule has 0 fully saturated rings. The van der Waals surface area contributed by atoms with Gasteiger partial charge in [0.15, 0.2) is 17.1 Å². The molecule has 0 aliphatic heterocycles. The van der Waals surface area contributed by atoms with Crippen molar-refractivity contribution >= 4 is 40.6 Å². The van der Waals surface area contributed by atoms with Gasteiger partial charge in [-0.1, -0.05) is 35.5 Å². The first-order valence-electron chi connectivity index (χ1n) is 10.0. The van der Waals surface area contributed by atoms with Crippen LogP contribution in [0, 0.1) is 10.1 Å². The maximum Gasteiger partial charge on any atom is 0.271 e. The Bertz CT molecular complexity index is 1200. The van der Waals surface area contributed by atoms with Crippen molar-refractivity contribution in [2.75, 3.05) is 18.2 Å². The molecule has 1 aromatic heterocycles. The third-order valence-electron chi connectivity index (χ3n) is 4.54. The van der Waals surface area contributed by atoms with Crippen molar-refractivity contribution in [3.8, 4) is 11.5 Å². The number of nitro groups is 1. The molecule has 1 heterocycles. The monoisotopic (exact) mass is 503 g/mol. The molecule has 0 radical (unpaired) electrons. The molecule has 0 aliphatic carbocycles. The summed E-state index contributed by atoms with van der Waals surface area (Å²) in [7, 11) is 1.58. The molecule has 0 bridgehead atoms. The van der Waals surface area contributed by atoms with E-state index in [2.05, 4.69) is 22.1 Å². The van der Waals surface area contributed by atoms with E-state index in [9.17, 15) is 14.9 Å². The van der Waals surface area contributed by atoms with Crippen molar-refractivity contribution in [2.24, 2.45) is 0 Å². The number of carbonyl (C=O) groups is 1. The van der Waals surface area contributed by atoms with Gasteiger partial charge < -0.3 is 14.8 Å². The smallest absolute Gasteiger partial charge is 0.271 e. The Kier molecular flexibility index (Phi) is 8.50. The normalized spacial score (nSPS) is 11.5. The minimum Gasteiger partial charge on any atom is -0.497 e. The van der Waals surface area contributed by atoms with Crippen LogP contribution < -0.4 is 14.8 Å². The molecule has 1 N–H and O–H groups in total. The first-order valence-corrected chi connectivity index (χ1v) is 11.4. The first kappa shape index (κ1) is 25.1. The molecule has 0 aliphatic rings. The molecule has 0 saturated heterocycles. The minimum atomic E-state index is -0.561. The number of hydrogen-bond donors (Lipinski definition) is 1. The van der Waals surface area contributed by atoms with Crippen LogP contribution in [-0.2, 0) is 11.3 Å². The number of carbonyl (C=O) groups excluding carboxylic acids is 1. The SMILES string of the molecule is C=CCn1c(SCC(=O)Nc2cc([N+](=O)[O-])ccc2Cl)nnc1C(C)Oc1cccc(OC)c1. The number of nitrogens with one attached hydrogen (secondary N) is 1. The average molecular weight is 504 g/mol. The quantitative estimate of drug-likeness (QED) is 0.169. The Labute approximate surface area is 205 Å². The molecule has 3 aromatic rings. The van der Waals surface area contributed by atoms with Crippen LogP contribution in [0.25, 0.3) is 0 Å². The second-order valence-electron chi connectivity index (χ2n) is 6.94. The van der Waals surface area contributed by atoms with Crippen LogP contribution in [0.15, 0.2) is 60.3 Å². The third kappa shape index (κ3) is 6.27. The van der Waals surface area contributed by atoms with Crippen molar-refractivity contribution in [1.29, 1.82) is 0 Å². The Morgan fingerprint density at radius 1 is 1.32 bits per heavy atom. The molecule has 10 nitrogen and oxygen atoms in total. The van der Waals surface area contributed by atoms with Gasteiger partial charge in [-0.2, -0.15) is 0 Å². The van der Waals surface area contributed by atoms with Crippen LogP contribution in [0.5, 0.6) is 11.5 Å². The number of halogens is 1. The fourth-order valence-electron chi connectivity index (χ4n) is 2.98. The number of nitro benzene ring substituents is 1. The molecule has 0 saturated carbocycles. The van der Waals surface area contributed by atoms with Gasteiger partial charge in [0.25, 0.3) is 5.69 Å². The zero-order chi connectivity index (χ0) is 24.7. The summed E-state index contributed by atoms with van der Waals surface area (Å²) in [6.45, 7) is 6.03. The van der Waals surface area contributed by atoms with E-state index in [1.165, 1.54) is 18.2 Å². The first-order chi connectivity index (χ1) is 16.3. The lowest BCUT2D eigenvalue weighted by atomic mass is 10.3. The van der Waals surface area contributed by atoms with E-state index in [0.717, 1.165) is 11.8 Å². The van der Waals surface area contributed by atoms with Crippen molar-refractivity contribution in [3.63, 3.8) is 0 Å². The van der Waals surface area contributed by atoms with Gasteiger partial charge in [-0.25, -0.2) is 0 Å². The molecule has 178 valence electrons. The highest BCUT2D eigenvalue weighted by Gasteiger charge is 2.20. The third-order valence-corrected chi connectivity index (χ3v) is 5.84. The Balaban J connectivity index is 1.69. The number of nitrogens with zero attached hydrogens (tertiary/aromatic N) is 4. The number of allylic oxidation sites excluding steroid dienone is 1. The number of non-ortho nitro benzene ring substituents is 1. The molecule has 1 amide bonds. The highest BCUT2D eigenvalue weighted by Crippen LogP contribution is 2.29.